The van der Waals surface area contributed by atoms with Gasteiger partial charge in [0.25, 0.3) is 0 Å². The van der Waals surface area contributed by atoms with Crippen LogP contribution in [0.2, 0.25) is 0 Å². The Bertz CT molecular complexity index is 157. The molecular formula is C6H13BaN3O. The van der Waals surface area contributed by atoms with Crippen molar-refractivity contribution in [1.29, 1.82) is 0 Å². The van der Waals surface area contributed by atoms with Crippen molar-refractivity contribution in [3.8, 4) is 0 Å². The van der Waals surface area contributed by atoms with Crippen LogP contribution < -0.4 is 0 Å². The Balaban J connectivity index is -0.000000405. The van der Waals surface area contributed by atoms with E-state index in [2.05, 4.69) is 16.9 Å². The molecule has 4 nitrogen and oxygen atoms in total. The largest absolute Gasteiger partial charge is 2.00 e. The molecule has 0 aromatic carbocycles. The van der Waals surface area contributed by atoms with Gasteiger partial charge in [0.2, 0.25) is 0 Å². The normalized spacial score (nSPS) is 12.7. The van der Waals surface area contributed by atoms with E-state index in [-0.39, 0.29) is 56.9 Å². The predicted molar refractivity (Wildman–Crippen MR) is 46.0 cm³/mol. The fraction of sp³-hybridized carbons (Fsp3) is 0.833. The fourth-order valence-electron chi connectivity index (χ4n) is 0.319. The van der Waals surface area contributed by atoms with E-state index < -0.39 is 11.5 Å². The molecule has 0 amide bonds. The topological polar surface area (TPSA) is 69.0 Å². The average molecular weight is 281 g/mol. The summed E-state index contributed by atoms with van der Waals surface area (Å²) in [7, 11) is 0. The summed E-state index contributed by atoms with van der Waals surface area (Å²) in [5.41, 5.74) is 7.54. The smallest absolute Gasteiger partial charge is 1.00 e. The van der Waals surface area contributed by atoms with Crippen LogP contribution in [0.15, 0.2) is 5.11 Å². The number of hydrogen-bond donors (Lipinski definition) is 1. The molecule has 0 rings (SSSR count). The van der Waals surface area contributed by atoms with Gasteiger partial charge in [-0.3, -0.25) is 0 Å². The Morgan fingerprint density at radius 1 is 1.82 bits per heavy atom. The van der Waals surface area contributed by atoms with E-state index in [1.54, 1.807) is 13.8 Å². The Hall–Kier alpha value is 0.841. The number of rotatable bonds is 3. The van der Waals surface area contributed by atoms with Gasteiger partial charge in [0.15, 0.2) is 0 Å². The van der Waals surface area contributed by atoms with Crippen LogP contribution >= 0.6 is 0 Å². The summed E-state index contributed by atoms with van der Waals surface area (Å²) in [5, 5.41) is 12.4. The number of hydrogen-bond acceptors (Lipinski definition) is 2. The van der Waals surface area contributed by atoms with E-state index in [0.29, 0.717) is 0 Å². The van der Waals surface area contributed by atoms with Crippen LogP contribution in [-0.2, 0) is 0 Å². The summed E-state index contributed by atoms with van der Waals surface area (Å²) in [6.45, 7) is 7.29. The molecule has 1 unspecified atom stereocenters. The number of aliphatic hydroxyl groups excluding tert-OH is 1. The second-order valence-electron chi connectivity index (χ2n) is 2.89. The van der Waals surface area contributed by atoms with Crippen molar-refractivity contribution in [3.05, 3.63) is 17.4 Å². The van der Waals surface area contributed by atoms with Gasteiger partial charge < -0.3 is 13.5 Å². The molecule has 0 heterocycles. The molecular weight excluding hydrogens is 267 g/mol. The maximum absolute atomic E-state index is 9.01. The van der Waals surface area contributed by atoms with Crippen molar-refractivity contribution in [2.24, 2.45) is 10.5 Å². The molecule has 0 fully saturated rings. The van der Waals surface area contributed by atoms with E-state index in [9.17, 15) is 0 Å². The third kappa shape index (κ3) is 6.04. The minimum absolute atomic E-state index is 0. The van der Waals surface area contributed by atoms with E-state index >= 15 is 0 Å². The minimum Gasteiger partial charge on any atom is -1.00 e. The van der Waals surface area contributed by atoms with Crippen LogP contribution in [0, 0.1) is 12.3 Å². The summed E-state index contributed by atoms with van der Waals surface area (Å²) >= 11 is 0. The Labute approximate surface area is 109 Å². The number of aliphatic hydroxyl groups is 1. The quantitative estimate of drug-likeness (QED) is 0.273. The van der Waals surface area contributed by atoms with E-state index in [1.807, 2.05) is 0 Å². The van der Waals surface area contributed by atoms with Crippen molar-refractivity contribution in [2.75, 3.05) is 6.54 Å². The van der Waals surface area contributed by atoms with Gasteiger partial charge in [0, 0.05) is 11.5 Å². The third-order valence-corrected chi connectivity index (χ3v) is 1.44. The van der Waals surface area contributed by atoms with E-state index in [0.717, 1.165) is 0 Å². The Morgan fingerprint density at radius 3 is 2.55 bits per heavy atom. The van der Waals surface area contributed by atoms with Gasteiger partial charge in [-0.2, -0.15) is 0 Å². The molecule has 60 valence electrons. The van der Waals surface area contributed by atoms with Crippen LogP contribution in [0.25, 0.3) is 10.4 Å². The molecule has 0 bridgehead atoms. The fourth-order valence-corrected chi connectivity index (χ4v) is 0.319. The summed E-state index contributed by atoms with van der Waals surface area (Å²) in [6, 6.07) is 0. The SMILES string of the molecule is [Ba+2].[CH2-]C(O)C(C)(C)CN=[N+]=[N-].[H-]. The first-order valence-corrected chi connectivity index (χ1v) is 3.02. The summed E-state index contributed by atoms with van der Waals surface area (Å²) in [5.74, 6) is 0. The average Bonchev–Trinajstić information content (AvgIpc) is 1.84. The molecule has 1 atom stereocenters. The van der Waals surface area contributed by atoms with Crippen LogP contribution in [0.4, 0.5) is 0 Å². The molecule has 0 saturated carbocycles. The summed E-state index contributed by atoms with van der Waals surface area (Å²) < 4.78 is 0. The first-order chi connectivity index (χ1) is 4.50. The van der Waals surface area contributed by atoms with Gasteiger partial charge in [-0.05, 0) is 10.9 Å². The molecule has 0 spiro atoms. The molecule has 0 aliphatic carbocycles. The predicted octanol–water partition coefficient (Wildman–Crippen LogP) is 1.25. The second-order valence-corrected chi connectivity index (χ2v) is 2.89. The summed E-state index contributed by atoms with van der Waals surface area (Å²) in [6.07, 6.45) is -0.696. The molecule has 0 aliphatic rings. The third-order valence-electron chi connectivity index (χ3n) is 1.44. The number of azide groups is 1. The van der Waals surface area contributed by atoms with Crippen LogP contribution in [0.5, 0.6) is 0 Å². The standard InChI is InChI=1S/C6H12N3O.Ba.H/c1-5(10)6(2,3)4-8-9-7;;/h5,10H,1,4H2,2-3H3;;/q-1;+2;-1. The maximum atomic E-state index is 9.01. The molecule has 0 aliphatic heterocycles. The molecule has 0 saturated heterocycles. The molecule has 5 heteroatoms. The number of nitrogens with zero attached hydrogens (tertiary/aromatic N) is 3. The van der Waals surface area contributed by atoms with Crippen LogP contribution in [0.1, 0.15) is 15.3 Å². The molecule has 11 heavy (non-hydrogen) atoms. The van der Waals surface area contributed by atoms with Gasteiger partial charge in [0.1, 0.15) is 0 Å². The van der Waals surface area contributed by atoms with Gasteiger partial charge in [-0.15, -0.1) is 0 Å². The van der Waals surface area contributed by atoms with E-state index in [1.165, 1.54) is 0 Å². The zero-order chi connectivity index (χ0) is 8.20. The minimum atomic E-state index is -0.696. The van der Waals surface area contributed by atoms with Crippen molar-refractivity contribution in [1.82, 2.24) is 0 Å². The van der Waals surface area contributed by atoms with Gasteiger partial charge in [0.05, 0.1) is 0 Å². The molecule has 1 N–H and O–H groups in total. The molecule has 0 aromatic rings. The Morgan fingerprint density at radius 2 is 2.27 bits per heavy atom. The van der Waals surface area contributed by atoms with Gasteiger partial charge in [-0.25, -0.2) is 0 Å². The van der Waals surface area contributed by atoms with Crippen molar-refractivity contribution in [3.63, 3.8) is 0 Å². The zero-order valence-corrected chi connectivity index (χ0v) is 11.4. The van der Waals surface area contributed by atoms with Crippen molar-refractivity contribution < 1.29 is 6.53 Å². The first kappa shape index (κ1) is 14.4. The van der Waals surface area contributed by atoms with Crippen molar-refractivity contribution in [2.45, 2.75) is 20.0 Å². The monoisotopic (exact) mass is 281 g/mol. The van der Waals surface area contributed by atoms with E-state index in [4.69, 9.17) is 10.6 Å². The summed E-state index contributed by atoms with van der Waals surface area (Å²) in [4.78, 5) is 2.59. The maximum Gasteiger partial charge on any atom is 2.00 e. The van der Waals surface area contributed by atoms with Crippen molar-refractivity contribution >= 4 is 48.9 Å². The second kappa shape index (κ2) is 6.37. The van der Waals surface area contributed by atoms with Crippen LogP contribution in [0.3, 0.4) is 0 Å². The van der Waals surface area contributed by atoms with Gasteiger partial charge >= 0.3 is 48.9 Å². The first-order valence-electron chi connectivity index (χ1n) is 3.02. The van der Waals surface area contributed by atoms with Crippen LogP contribution in [-0.4, -0.2) is 66.6 Å². The molecule has 0 radical (unpaired) electrons. The van der Waals surface area contributed by atoms with Gasteiger partial charge in [-0.1, -0.05) is 25.1 Å². The Kier molecular flexibility index (Phi) is 8.32. The zero-order valence-electron chi connectivity index (χ0n) is 7.99. The molecule has 0 aromatic heterocycles.